The van der Waals surface area contributed by atoms with Gasteiger partial charge in [0.15, 0.2) is 0 Å². The Balaban J connectivity index is 1.44. The Hall–Kier alpha value is 0.130. The first-order valence-electron chi connectivity index (χ1n) is 9.47. The number of fused-ring (bicyclic) bond motifs is 1. The van der Waals surface area contributed by atoms with Gasteiger partial charge in [-0.25, -0.2) is 0 Å². The van der Waals surface area contributed by atoms with Gasteiger partial charge in [0.2, 0.25) is 0 Å². The lowest BCUT2D eigenvalue weighted by Crippen LogP contribution is -2.53. The van der Waals surface area contributed by atoms with Gasteiger partial charge in [-0.2, -0.15) is 0 Å². The highest BCUT2D eigenvalue weighted by atomic mass is 35.5. The van der Waals surface area contributed by atoms with E-state index >= 15 is 0 Å². The molecule has 0 radical (unpaired) electrons. The Morgan fingerprint density at radius 3 is 2.61 bits per heavy atom. The van der Waals surface area contributed by atoms with Crippen LogP contribution >= 0.6 is 11.6 Å². The minimum absolute atomic E-state index is 0.338. The van der Waals surface area contributed by atoms with Crippen LogP contribution in [0, 0.1) is 29.6 Å². The lowest BCUT2D eigenvalue weighted by molar-refractivity contribution is -0.0164. The number of halogens is 1. The second-order valence-electron chi connectivity index (χ2n) is 8.09. The first-order chi connectivity index (χ1) is 11.3. The van der Waals surface area contributed by atoms with Crippen LogP contribution in [0.2, 0.25) is 0 Å². The van der Waals surface area contributed by atoms with Crippen molar-refractivity contribution < 1.29 is 9.47 Å². The highest BCUT2D eigenvalue weighted by Crippen LogP contribution is 2.43. The number of methoxy groups -OCH3 is 1. The Kier molecular flexibility index (Phi) is 5.17. The Bertz CT molecular complexity index is 404. The Morgan fingerprint density at radius 1 is 0.957 bits per heavy atom. The molecule has 4 nitrogen and oxygen atoms in total. The lowest BCUT2D eigenvalue weighted by atomic mass is 9.69. The molecule has 3 heterocycles. The molecule has 8 atom stereocenters. The molecule has 23 heavy (non-hydrogen) atoms. The minimum atomic E-state index is 0.338. The number of nitrogens with one attached hydrogen (secondary N) is 2. The highest BCUT2D eigenvalue weighted by molar-refractivity contribution is 6.20. The van der Waals surface area contributed by atoms with Crippen LogP contribution in [0.3, 0.4) is 0 Å². The zero-order valence-corrected chi connectivity index (χ0v) is 14.9. The van der Waals surface area contributed by atoms with Crippen molar-refractivity contribution in [3.05, 3.63) is 0 Å². The quantitative estimate of drug-likeness (QED) is 0.772. The maximum Gasteiger partial charge on any atom is 0.0604 e. The summed E-state index contributed by atoms with van der Waals surface area (Å²) >= 11 is 6.49. The van der Waals surface area contributed by atoms with Gasteiger partial charge in [-0.05, 0) is 68.2 Å². The third-order valence-corrected chi connectivity index (χ3v) is 7.37. The zero-order chi connectivity index (χ0) is 15.8. The molecule has 0 spiro atoms. The first kappa shape index (κ1) is 16.6. The SMILES string of the molecule is COC1CCC(Cl)CC1C1CNC2NCC(C3CCOC3)C2C1. The van der Waals surface area contributed by atoms with E-state index in [0.717, 1.165) is 63.3 Å². The molecule has 0 bridgehead atoms. The summed E-state index contributed by atoms with van der Waals surface area (Å²) in [4.78, 5) is 0. The van der Waals surface area contributed by atoms with E-state index < -0.39 is 0 Å². The van der Waals surface area contributed by atoms with Gasteiger partial charge >= 0.3 is 0 Å². The Labute approximate surface area is 145 Å². The topological polar surface area (TPSA) is 42.5 Å². The molecule has 3 aliphatic heterocycles. The third kappa shape index (κ3) is 3.30. The van der Waals surface area contributed by atoms with Crippen molar-refractivity contribution in [2.75, 3.05) is 33.4 Å². The van der Waals surface area contributed by atoms with E-state index in [2.05, 4.69) is 10.6 Å². The van der Waals surface area contributed by atoms with Gasteiger partial charge in [-0.15, -0.1) is 11.6 Å². The number of hydrogen-bond acceptors (Lipinski definition) is 4. The molecule has 132 valence electrons. The zero-order valence-electron chi connectivity index (χ0n) is 14.2. The predicted molar refractivity (Wildman–Crippen MR) is 91.6 cm³/mol. The maximum absolute atomic E-state index is 6.49. The van der Waals surface area contributed by atoms with Crippen molar-refractivity contribution in [2.45, 2.75) is 49.8 Å². The summed E-state index contributed by atoms with van der Waals surface area (Å²) in [6, 6.07) is 0. The number of ether oxygens (including phenoxy) is 2. The van der Waals surface area contributed by atoms with E-state index in [1.807, 2.05) is 7.11 Å². The van der Waals surface area contributed by atoms with Crippen LogP contribution in [0.5, 0.6) is 0 Å². The summed E-state index contributed by atoms with van der Waals surface area (Å²) in [6.45, 7) is 4.18. The molecule has 1 saturated carbocycles. The van der Waals surface area contributed by atoms with E-state index in [1.165, 1.54) is 12.8 Å². The average molecular weight is 343 g/mol. The monoisotopic (exact) mass is 342 g/mol. The lowest BCUT2D eigenvalue weighted by Gasteiger charge is -2.44. The van der Waals surface area contributed by atoms with Crippen LogP contribution in [0.1, 0.15) is 32.1 Å². The minimum Gasteiger partial charge on any atom is -0.381 e. The third-order valence-electron chi connectivity index (χ3n) is 6.97. The van der Waals surface area contributed by atoms with E-state index in [-0.39, 0.29) is 0 Å². The second kappa shape index (κ2) is 7.17. The van der Waals surface area contributed by atoms with Gasteiger partial charge in [-0.3, -0.25) is 0 Å². The van der Waals surface area contributed by atoms with E-state index in [9.17, 15) is 0 Å². The second-order valence-corrected chi connectivity index (χ2v) is 8.71. The summed E-state index contributed by atoms with van der Waals surface area (Å²) in [5, 5.41) is 7.85. The highest BCUT2D eigenvalue weighted by Gasteiger charge is 2.47. The van der Waals surface area contributed by atoms with Crippen molar-refractivity contribution in [2.24, 2.45) is 29.6 Å². The molecule has 8 unspecified atom stereocenters. The van der Waals surface area contributed by atoms with E-state index in [0.29, 0.717) is 29.5 Å². The number of rotatable bonds is 3. The van der Waals surface area contributed by atoms with Crippen LogP contribution in [0.25, 0.3) is 0 Å². The molecule has 4 rings (SSSR count). The maximum atomic E-state index is 6.49. The van der Waals surface area contributed by atoms with E-state index in [1.54, 1.807) is 0 Å². The molecule has 4 fully saturated rings. The van der Waals surface area contributed by atoms with Crippen molar-refractivity contribution in [1.29, 1.82) is 0 Å². The average Bonchev–Trinajstić information content (AvgIpc) is 3.23. The van der Waals surface area contributed by atoms with Crippen LogP contribution in [-0.2, 0) is 9.47 Å². The van der Waals surface area contributed by atoms with Gasteiger partial charge in [0.1, 0.15) is 0 Å². The van der Waals surface area contributed by atoms with Gasteiger partial charge in [0, 0.05) is 32.2 Å². The number of hydrogen-bond donors (Lipinski definition) is 2. The van der Waals surface area contributed by atoms with Crippen LogP contribution in [0.4, 0.5) is 0 Å². The fraction of sp³-hybridized carbons (Fsp3) is 1.00. The van der Waals surface area contributed by atoms with Crippen LogP contribution in [0.15, 0.2) is 0 Å². The van der Waals surface area contributed by atoms with Crippen LogP contribution in [-0.4, -0.2) is 51.1 Å². The molecule has 0 aromatic carbocycles. The van der Waals surface area contributed by atoms with Gasteiger partial charge in [0.25, 0.3) is 0 Å². The predicted octanol–water partition coefficient (Wildman–Crippen LogP) is 2.22. The molecular weight excluding hydrogens is 312 g/mol. The molecule has 0 aromatic rings. The summed E-state index contributed by atoms with van der Waals surface area (Å²) in [6.07, 6.45) is 6.82. The standard InChI is InChI=1S/C18H31ClN2O2/c1-22-17-3-2-13(19)7-14(17)12-6-15-16(11-4-5-23-10-11)9-21-18(15)20-8-12/h11-18,20-21H,2-10H2,1H3. The molecule has 0 aromatic heterocycles. The molecular formula is C18H31ClN2O2. The summed E-state index contributed by atoms with van der Waals surface area (Å²) < 4.78 is 11.5. The number of piperidine rings is 1. The molecule has 4 aliphatic rings. The van der Waals surface area contributed by atoms with Gasteiger partial charge < -0.3 is 20.1 Å². The summed E-state index contributed by atoms with van der Waals surface area (Å²) in [5.41, 5.74) is 0. The summed E-state index contributed by atoms with van der Waals surface area (Å²) in [5.74, 6) is 3.59. The number of alkyl halides is 1. The van der Waals surface area contributed by atoms with Crippen molar-refractivity contribution >= 4 is 11.6 Å². The van der Waals surface area contributed by atoms with E-state index in [4.69, 9.17) is 21.1 Å². The normalized spacial score (nSPS) is 50.9. The Morgan fingerprint density at radius 2 is 1.83 bits per heavy atom. The fourth-order valence-electron chi connectivity index (χ4n) is 5.70. The van der Waals surface area contributed by atoms with Crippen LogP contribution < -0.4 is 10.6 Å². The smallest absolute Gasteiger partial charge is 0.0604 e. The summed E-state index contributed by atoms with van der Waals surface area (Å²) in [7, 11) is 1.88. The molecule has 1 aliphatic carbocycles. The van der Waals surface area contributed by atoms with Crippen molar-refractivity contribution in [3.8, 4) is 0 Å². The molecule has 0 amide bonds. The largest absolute Gasteiger partial charge is 0.381 e. The first-order valence-corrected chi connectivity index (χ1v) is 9.91. The molecule has 3 saturated heterocycles. The van der Waals surface area contributed by atoms with Crippen molar-refractivity contribution in [1.82, 2.24) is 10.6 Å². The van der Waals surface area contributed by atoms with Gasteiger partial charge in [0.05, 0.1) is 12.3 Å². The van der Waals surface area contributed by atoms with Gasteiger partial charge in [-0.1, -0.05) is 0 Å². The molecule has 2 N–H and O–H groups in total. The fourth-order valence-corrected chi connectivity index (χ4v) is 6.04. The molecule has 5 heteroatoms. The van der Waals surface area contributed by atoms with Crippen molar-refractivity contribution in [3.63, 3.8) is 0 Å².